The van der Waals surface area contributed by atoms with Gasteiger partial charge in [-0.05, 0) is 11.4 Å². The Kier molecular flexibility index (Phi) is 3.88. The summed E-state index contributed by atoms with van der Waals surface area (Å²) in [5, 5.41) is 10.6. The van der Waals surface area contributed by atoms with Gasteiger partial charge in [-0.2, -0.15) is 0 Å². The standard InChI is InChI=1S/C13H12N4O4S/c18-11-7-15-13(20)17(11)4-3-14-12(19)8-6-9(21-16-8)10-2-1-5-22-10/h1-2,5-6H,3-4,7H2,(H,14,19)(H,15,20). The second kappa shape index (κ2) is 5.98. The number of carbonyl (C=O) groups is 3. The van der Waals surface area contributed by atoms with Crippen molar-refractivity contribution in [3.8, 4) is 10.6 Å². The van der Waals surface area contributed by atoms with Gasteiger partial charge in [0.05, 0.1) is 11.4 Å². The molecule has 0 bridgehead atoms. The van der Waals surface area contributed by atoms with E-state index >= 15 is 0 Å². The highest BCUT2D eigenvalue weighted by atomic mass is 32.1. The summed E-state index contributed by atoms with van der Waals surface area (Å²) in [4.78, 5) is 36.6. The molecule has 2 aromatic rings. The highest BCUT2D eigenvalue weighted by molar-refractivity contribution is 7.13. The number of urea groups is 1. The first kappa shape index (κ1) is 14.3. The summed E-state index contributed by atoms with van der Waals surface area (Å²) in [5.41, 5.74) is 0.153. The van der Waals surface area contributed by atoms with Crippen molar-refractivity contribution in [3.05, 3.63) is 29.3 Å². The van der Waals surface area contributed by atoms with Crippen LogP contribution in [0.5, 0.6) is 0 Å². The molecule has 0 aliphatic carbocycles. The summed E-state index contributed by atoms with van der Waals surface area (Å²) in [6.45, 7) is 0.269. The lowest BCUT2D eigenvalue weighted by molar-refractivity contribution is -0.124. The fourth-order valence-electron chi connectivity index (χ4n) is 1.97. The Morgan fingerprint density at radius 2 is 2.36 bits per heavy atom. The second-order valence-electron chi connectivity index (χ2n) is 4.51. The van der Waals surface area contributed by atoms with Crippen molar-refractivity contribution in [2.75, 3.05) is 19.6 Å². The van der Waals surface area contributed by atoms with Crippen molar-refractivity contribution in [1.82, 2.24) is 20.7 Å². The van der Waals surface area contributed by atoms with Gasteiger partial charge in [0.25, 0.3) is 5.91 Å². The van der Waals surface area contributed by atoms with E-state index in [1.807, 2.05) is 17.5 Å². The van der Waals surface area contributed by atoms with Crippen molar-refractivity contribution in [3.63, 3.8) is 0 Å². The fraction of sp³-hybridized carbons (Fsp3) is 0.231. The summed E-state index contributed by atoms with van der Waals surface area (Å²) in [5.74, 6) is -0.200. The van der Waals surface area contributed by atoms with Crippen LogP contribution in [0.3, 0.4) is 0 Å². The number of carbonyl (C=O) groups excluding carboxylic acids is 3. The minimum absolute atomic E-state index is 0.000238. The highest BCUT2D eigenvalue weighted by Gasteiger charge is 2.27. The minimum atomic E-state index is -0.444. The van der Waals surface area contributed by atoms with E-state index < -0.39 is 11.9 Å². The Morgan fingerprint density at radius 3 is 3.05 bits per heavy atom. The van der Waals surface area contributed by atoms with E-state index in [1.165, 1.54) is 11.3 Å². The van der Waals surface area contributed by atoms with Crippen LogP contribution >= 0.6 is 11.3 Å². The molecule has 1 aliphatic heterocycles. The van der Waals surface area contributed by atoms with Crippen molar-refractivity contribution < 1.29 is 18.9 Å². The van der Waals surface area contributed by atoms with Crippen LogP contribution in [0.15, 0.2) is 28.1 Å². The minimum Gasteiger partial charge on any atom is -0.355 e. The van der Waals surface area contributed by atoms with E-state index in [9.17, 15) is 14.4 Å². The number of amides is 4. The summed E-state index contributed by atoms with van der Waals surface area (Å²) < 4.78 is 5.11. The van der Waals surface area contributed by atoms with Gasteiger partial charge in [0.1, 0.15) is 0 Å². The molecule has 9 heteroatoms. The summed E-state index contributed by atoms with van der Waals surface area (Å²) in [6, 6.07) is 4.85. The monoisotopic (exact) mass is 320 g/mol. The lowest BCUT2D eigenvalue weighted by atomic mass is 10.3. The molecule has 0 atom stereocenters. The quantitative estimate of drug-likeness (QED) is 0.789. The maximum Gasteiger partial charge on any atom is 0.324 e. The molecule has 0 saturated carbocycles. The van der Waals surface area contributed by atoms with Gasteiger partial charge < -0.3 is 15.2 Å². The number of rotatable bonds is 5. The second-order valence-corrected chi connectivity index (χ2v) is 5.46. The van der Waals surface area contributed by atoms with Gasteiger partial charge in [-0.15, -0.1) is 11.3 Å². The van der Waals surface area contributed by atoms with Gasteiger partial charge in [0, 0.05) is 19.2 Å². The largest absolute Gasteiger partial charge is 0.355 e. The van der Waals surface area contributed by atoms with Crippen LogP contribution in [0.25, 0.3) is 10.6 Å². The van der Waals surface area contributed by atoms with Crippen LogP contribution in [0.4, 0.5) is 4.79 Å². The number of nitrogens with one attached hydrogen (secondary N) is 2. The molecule has 4 amide bonds. The van der Waals surface area contributed by atoms with Gasteiger partial charge in [0.15, 0.2) is 11.5 Å². The van der Waals surface area contributed by atoms with Crippen LogP contribution in [-0.4, -0.2) is 47.5 Å². The van der Waals surface area contributed by atoms with Gasteiger partial charge in [0.2, 0.25) is 5.91 Å². The van der Waals surface area contributed by atoms with E-state index in [1.54, 1.807) is 6.07 Å². The average molecular weight is 320 g/mol. The van der Waals surface area contributed by atoms with Gasteiger partial charge in [-0.1, -0.05) is 11.2 Å². The van der Waals surface area contributed by atoms with Crippen molar-refractivity contribution in [2.45, 2.75) is 0 Å². The number of hydrogen-bond donors (Lipinski definition) is 2. The van der Waals surface area contributed by atoms with Crippen molar-refractivity contribution in [2.24, 2.45) is 0 Å². The predicted octanol–water partition coefficient (Wildman–Crippen LogP) is 0.685. The van der Waals surface area contributed by atoms with Gasteiger partial charge in [-0.25, -0.2) is 4.79 Å². The maximum atomic E-state index is 11.9. The zero-order valence-electron chi connectivity index (χ0n) is 11.4. The summed E-state index contributed by atoms with van der Waals surface area (Å²) >= 11 is 1.48. The molecule has 2 N–H and O–H groups in total. The molecule has 1 aliphatic rings. The Morgan fingerprint density at radius 1 is 1.50 bits per heavy atom. The molecule has 0 spiro atoms. The molecule has 1 fully saturated rings. The topological polar surface area (TPSA) is 105 Å². The van der Waals surface area contributed by atoms with Crippen LogP contribution in [0.2, 0.25) is 0 Å². The Bertz CT molecular complexity index is 693. The zero-order valence-corrected chi connectivity index (χ0v) is 12.2. The molecule has 1 saturated heterocycles. The molecule has 0 unspecified atom stereocenters. The number of nitrogens with zero attached hydrogens (tertiary/aromatic N) is 2. The van der Waals surface area contributed by atoms with E-state index in [0.717, 1.165) is 9.78 Å². The third-order valence-electron chi connectivity index (χ3n) is 3.06. The van der Waals surface area contributed by atoms with Crippen LogP contribution in [0, 0.1) is 0 Å². The molecule has 3 heterocycles. The summed E-state index contributed by atoms with van der Waals surface area (Å²) in [7, 11) is 0. The first-order valence-corrected chi connectivity index (χ1v) is 7.40. The smallest absolute Gasteiger partial charge is 0.324 e. The molecular weight excluding hydrogens is 308 g/mol. The van der Waals surface area contributed by atoms with Crippen molar-refractivity contribution >= 4 is 29.2 Å². The Hall–Kier alpha value is -2.68. The number of aromatic nitrogens is 1. The zero-order chi connectivity index (χ0) is 15.5. The third kappa shape index (κ3) is 2.84. The normalized spacial score (nSPS) is 14.3. The number of hydrogen-bond acceptors (Lipinski definition) is 6. The van der Waals surface area contributed by atoms with Crippen LogP contribution in [0.1, 0.15) is 10.5 Å². The van der Waals surface area contributed by atoms with E-state index in [-0.39, 0.29) is 31.2 Å². The third-order valence-corrected chi connectivity index (χ3v) is 3.95. The van der Waals surface area contributed by atoms with Crippen LogP contribution in [-0.2, 0) is 4.79 Å². The fourth-order valence-corrected chi connectivity index (χ4v) is 2.64. The first-order valence-electron chi connectivity index (χ1n) is 6.52. The molecule has 0 radical (unpaired) electrons. The maximum absolute atomic E-state index is 11.9. The van der Waals surface area contributed by atoms with E-state index in [0.29, 0.717) is 5.76 Å². The molecule has 2 aromatic heterocycles. The summed E-state index contributed by atoms with van der Waals surface area (Å²) in [6.07, 6.45) is 0. The van der Waals surface area contributed by atoms with E-state index in [4.69, 9.17) is 4.52 Å². The highest BCUT2D eigenvalue weighted by Crippen LogP contribution is 2.24. The SMILES string of the molecule is O=C(NCCN1C(=O)CNC1=O)c1cc(-c2cccs2)on1. The molecule has 0 aromatic carbocycles. The molecule has 114 valence electrons. The lowest BCUT2D eigenvalue weighted by Crippen LogP contribution is -2.38. The van der Waals surface area contributed by atoms with E-state index in [2.05, 4.69) is 15.8 Å². The van der Waals surface area contributed by atoms with Gasteiger partial charge in [-0.3, -0.25) is 14.5 Å². The number of thiophene rings is 1. The Balaban J connectivity index is 1.54. The molecule has 3 rings (SSSR count). The molecule has 22 heavy (non-hydrogen) atoms. The first-order chi connectivity index (χ1) is 10.6. The van der Waals surface area contributed by atoms with Crippen molar-refractivity contribution in [1.29, 1.82) is 0 Å². The Labute approximate surface area is 129 Å². The lowest BCUT2D eigenvalue weighted by Gasteiger charge is -2.11. The van der Waals surface area contributed by atoms with Crippen LogP contribution < -0.4 is 10.6 Å². The van der Waals surface area contributed by atoms with Gasteiger partial charge >= 0.3 is 6.03 Å². The molecular formula is C13H12N4O4S. The molecule has 8 nitrogen and oxygen atoms in total. The number of imide groups is 1. The predicted molar refractivity (Wildman–Crippen MR) is 77.3 cm³/mol. The average Bonchev–Trinajstić information content (AvgIpc) is 3.22.